The zero-order chi connectivity index (χ0) is 62.0. The molecule has 4 amide bonds. The van der Waals surface area contributed by atoms with Crippen LogP contribution in [0.5, 0.6) is 0 Å². The lowest BCUT2D eigenvalue weighted by molar-refractivity contribution is 0.0676. The topological polar surface area (TPSA) is 74.8 Å². The average Bonchev–Trinajstić information content (AvgIpc) is 1.59. The first-order valence-electron chi connectivity index (χ1n) is 31.1. The summed E-state index contributed by atoms with van der Waals surface area (Å²) >= 11 is 12.5. The molecule has 454 valence electrons. The molecule has 0 fully saturated rings. The second kappa shape index (κ2) is 23.1. The molecule has 0 bridgehead atoms. The van der Waals surface area contributed by atoms with E-state index in [4.69, 9.17) is 0 Å². The van der Waals surface area contributed by atoms with Gasteiger partial charge in [-0.25, -0.2) is 0 Å². The van der Waals surface area contributed by atoms with E-state index in [1.54, 1.807) is 59.4 Å². The summed E-state index contributed by atoms with van der Waals surface area (Å²) in [6.45, 7) is 41.1. The molecular weight excluding hydrogens is 1180 g/mol. The van der Waals surface area contributed by atoms with Crippen LogP contribution in [-0.4, -0.2) is 47.5 Å². The number of nitrogens with zero attached hydrogens (tertiary/aromatic N) is 2. The lowest BCUT2D eigenvalue weighted by atomic mass is 9.65. The quantitative estimate of drug-likeness (QED) is 0.0672. The van der Waals surface area contributed by atoms with Crippen molar-refractivity contribution >= 4 is 123 Å². The summed E-state index contributed by atoms with van der Waals surface area (Å²) in [5.74, 6) is 0.288. The van der Waals surface area contributed by atoms with E-state index in [9.17, 15) is 19.2 Å². The molecule has 0 N–H and O–H groups in total. The maximum atomic E-state index is 14.9. The molecule has 0 radical (unpaired) electrons. The summed E-state index contributed by atoms with van der Waals surface area (Å²) in [6.07, 6.45) is 11.9. The molecule has 2 unspecified atom stereocenters. The van der Waals surface area contributed by atoms with Gasteiger partial charge in [-0.15, -0.1) is 79.4 Å². The molecule has 2 aliphatic heterocycles. The fourth-order valence-electron chi connectivity index (χ4n) is 12.2. The molecule has 9 heterocycles. The Morgan fingerprint density at radius 1 is 0.400 bits per heavy atom. The minimum absolute atomic E-state index is 0.00562. The van der Waals surface area contributed by atoms with Crippen LogP contribution >= 0.6 is 79.4 Å². The first-order chi connectivity index (χ1) is 39.8. The van der Waals surface area contributed by atoms with Crippen LogP contribution in [0.15, 0.2) is 48.5 Å². The normalized spacial score (nSPS) is 15.5. The van der Waals surface area contributed by atoms with Crippen molar-refractivity contribution in [2.45, 2.75) is 210 Å². The summed E-state index contributed by atoms with van der Waals surface area (Å²) in [4.78, 5) is 73.7. The van der Waals surface area contributed by atoms with Crippen LogP contribution in [0.25, 0.3) is 60.6 Å². The van der Waals surface area contributed by atoms with Crippen molar-refractivity contribution < 1.29 is 19.2 Å². The van der Waals surface area contributed by atoms with Crippen LogP contribution in [0.3, 0.4) is 0 Å². The minimum atomic E-state index is -0.667. The standard InChI is InChI=1S/C72H90N2O4S7/c1-21-25-27-39(23-3)35-41-29-31-45(79-41)51-43-37-48(82-57(43)52(44-38-50(83-58(44)51)69(11,12)67(5,6)7)46-32-30-42(80-46)36-40(24-4)28-26-22-2)60-54-56(66(78)74(20)64(54)76)62(85-60)72(17,18)70(13,14)49-34-33-47(81-49)59-53-55(65(77)73(19)63(53)75)61(84-59)71(15,16)68(8,9)10/h29-34,37-40H,21-28,35-36H2,1-20H3. The van der Waals surface area contributed by atoms with Crippen LogP contribution in [0.4, 0.5) is 0 Å². The summed E-state index contributed by atoms with van der Waals surface area (Å²) in [7, 11) is 3.22. The maximum absolute atomic E-state index is 14.9. The van der Waals surface area contributed by atoms with E-state index in [1.165, 1.54) is 117 Å². The Morgan fingerprint density at radius 2 is 0.824 bits per heavy atom. The predicted octanol–water partition coefficient (Wildman–Crippen LogP) is 23.0. The zero-order valence-electron chi connectivity index (χ0n) is 54.2. The van der Waals surface area contributed by atoms with Gasteiger partial charge in [0.25, 0.3) is 23.6 Å². The van der Waals surface area contributed by atoms with E-state index in [0.717, 1.165) is 47.0 Å². The van der Waals surface area contributed by atoms with Gasteiger partial charge in [0.1, 0.15) is 0 Å². The Kier molecular flexibility index (Phi) is 17.3. The van der Waals surface area contributed by atoms with Crippen molar-refractivity contribution in [3.05, 3.63) is 100 Å². The summed E-state index contributed by atoms with van der Waals surface area (Å²) in [6, 6.07) is 18.8. The molecule has 2 aliphatic rings. The van der Waals surface area contributed by atoms with E-state index < -0.39 is 16.2 Å². The number of unbranched alkanes of at least 4 members (excludes halogenated alkanes) is 2. The molecule has 2 atom stereocenters. The fourth-order valence-corrected chi connectivity index (χ4v) is 22.2. The number of thiophene rings is 7. The minimum Gasteiger partial charge on any atom is -0.277 e. The molecule has 13 heteroatoms. The number of fused-ring (bicyclic) bond motifs is 4. The molecule has 85 heavy (non-hydrogen) atoms. The van der Waals surface area contributed by atoms with Gasteiger partial charge < -0.3 is 0 Å². The molecule has 0 saturated carbocycles. The summed E-state index contributed by atoms with van der Waals surface area (Å²) < 4.78 is 2.55. The monoisotopic (exact) mass is 1270 g/mol. The first-order valence-corrected chi connectivity index (χ1v) is 36.8. The van der Waals surface area contributed by atoms with Crippen LogP contribution in [-0.2, 0) is 34.5 Å². The number of benzene rings is 1. The van der Waals surface area contributed by atoms with Crippen LogP contribution in [0.1, 0.15) is 247 Å². The van der Waals surface area contributed by atoms with Crippen molar-refractivity contribution in [2.24, 2.45) is 22.7 Å². The lowest BCUT2D eigenvalue weighted by Crippen LogP contribution is -2.40. The van der Waals surface area contributed by atoms with Crippen LogP contribution in [0, 0.1) is 22.7 Å². The summed E-state index contributed by atoms with van der Waals surface area (Å²) in [5, 5.41) is 2.51. The Morgan fingerprint density at radius 3 is 1.28 bits per heavy atom. The van der Waals surface area contributed by atoms with Gasteiger partial charge in [-0.1, -0.05) is 176 Å². The number of hydrogen-bond donors (Lipinski definition) is 0. The van der Waals surface area contributed by atoms with Crippen molar-refractivity contribution in [1.29, 1.82) is 0 Å². The number of amides is 4. The Labute approximate surface area is 535 Å². The number of hydrogen-bond acceptors (Lipinski definition) is 11. The van der Waals surface area contributed by atoms with Crippen molar-refractivity contribution in [1.82, 2.24) is 9.80 Å². The fraction of sp³-hybridized carbons (Fsp3) is 0.528. The van der Waals surface area contributed by atoms with Gasteiger partial charge in [-0.2, -0.15) is 0 Å². The molecule has 0 saturated heterocycles. The zero-order valence-corrected chi connectivity index (χ0v) is 59.9. The number of carbonyl (C=O) groups excluding carboxylic acids is 4. The van der Waals surface area contributed by atoms with Gasteiger partial charge in [-0.05, 0) is 84.0 Å². The van der Waals surface area contributed by atoms with Gasteiger partial charge in [0, 0.05) is 116 Å². The molecule has 10 rings (SSSR count). The van der Waals surface area contributed by atoms with Gasteiger partial charge in [0.2, 0.25) is 0 Å². The SMILES string of the molecule is CCCCC(CC)Cc1ccc(-c2c3cc(C(C)(C)C(C)(C)C)sc3c(-c3ccc(CC(CC)CCCC)s3)c3cc(-c4sc(C(C)(C)C(C)(C)c5ccc(-c6sc(C(C)(C)C(C)(C)C)c7c6C(=O)N(C)C7=O)s5)c5c4C(=O)N(C)C5=O)sc23)s1. The third kappa shape index (κ3) is 10.6. The molecule has 1 aromatic carbocycles. The smallest absolute Gasteiger partial charge is 0.262 e. The van der Waals surface area contributed by atoms with Gasteiger partial charge >= 0.3 is 0 Å². The van der Waals surface area contributed by atoms with Crippen LogP contribution < -0.4 is 0 Å². The van der Waals surface area contributed by atoms with Gasteiger partial charge in [0.15, 0.2) is 0 Å². The first kappa shape index (κ1) is 63.9. The number of imide groups is 2. The molecule has 0 spiro atoms. The third-order valence-corrected chi connectivity index (χ3v) is 30.6. The average molecular weight is 1270 g/mol. The molecule has 7 aromatic heterocycles. The van der Waals surface area contributed by atoms with Crippen molar-refractivity contribution in [3.8, 4) is 40.4 Å². The second-order valence-electron chi connectivity index (χ2n) is 28.8. The highest BCUT2D eigenvalue weighted by atomic mass is 32.1. The van der Waals surface area contributed by atoms with E-state index in [-0.39, 0.29) is 39.9 Å². The Hall–Kier alpha value is -4.08. The van der Waals surface area contributed by atoms with Crippen molar-refractivity contribution in [3.63, 3.8) is 0 Å². The maximum Gasteiger partial charge on any atom is 0.262 e. The van der Waals surface area contributed by atoms with Crippen LogP contribution in [0.2, 0.25) is 0 Å². The van der Waals surface area contributed by atoms with E-state index >= 15 is 0 Å². The third-order valence-electron chi connectivity index (χ3n) is 21.0. The van der Waals surface area contributed by atoms with E-state index in [0.29, 0.717) is 34.1 Å². The highest BCUT2D eigenvalue weighted by molar-refractivity contribution is 7.28. The van der Waals surface area contributed by atoms with E-state index in [2.05, 4.69) is 173 Å². The highest BCUT2D eigenvalue weighted by Crippen LogP contribution is 2.60. The summed E-state index contributed by atoms with van der Waals surface area (Å²) in [5.41, 5.74) is 2.71. The lowest BCUT2D eigenvalue weighted by Gasteiger charge is -2.41. The van der Waals surface area contributed by atoms with Gasteiger partial charge in [0.05, 0.1) is 32.0 Å². The molecule has 8 aromatic rings. The highest BCUT2D eigenvalue weighted by Gasteiger charge is 2.51. The molecular formula is C72H90N2O4S7. The largest absolute Gasteiger partial charge is 0.277 e. The predicted molar refractivity (Wildman–Crippen MR) is 373 cm³/mol. The van der Waals surface area contributed by atoms with Gasteiger partial charge in [-0.3, -0.25) is 29.0 Å². The number of carbonyl (C=O) groups is 4. The number of rotatable bonds is 21. The van der Waals surface area contributed by atoms with Crippen molar-refractivity contribution in [2.75, 3.05) is 14.1 Å². The second-order valence-corrected chi connectivity index (χ2v) is 36.3. The molecule has 0 aliphatic carbocycles. The Balaban J connectivity index is 1.17. The van der Waals surface area contributed by atoms with E-state index in [1.807, 2.05) is 34.0 Å². The Bertz CT molecular complexity index is 3800. The molecule has 6 nitrogen and oxygen atoms in total.